The highest BCUT2D eigenvalue weighted by atomic mass is 32.2. The van der Waals surface area contributed by atoms with Crippen LogP contribution in [0.5, 0.6) is 0 Å². The maximum absolute atomic E-state index is 6.07. The normalized spacial score (nSPS) is 17.3. The van der Waals surface area contributed by atoms with Gasteiger partial charge in [-0.1, -0.05) is 24.6 Å². The van der Waals surface area contributed by atoms with Crippen LogP contribution >= 0.6 is 11.8 Å². The molecule has 0 bridgehead atoms. The number of thioether (sulfide) groups is 1. The molecule has 1 aliphatic rings. The minimum atomic E-state index is 0.488. The van der Waals surface area contributed by atoms with Crippen LogP contribution in [0.25, 0.3) is 0 Å². The van der Waals surface area contributed by atoms with Gasteiger partial charge in [0, 0.05) is 10.9 Å². The Hall–Kier alpha value is -0.470. The van der Waals surface area contributed by atoms with Crippen molar-refractivity contribution >= 4 is 11.8 Å². The van der Waals surface area contributed by atoms with Crippen molar-refractivity contribution in [2.75, 3.05) is 5.75 Å². The highest BCUT2D eigenvalue weighted by Gasteiger charge is 2.27. The highest BCUT2D eigenvalue weighted by Crippen LogP contribution is 2.33. The van der Waals surface area contributed by atoms with Crippen LogP contribution in [0.15, 0.2) is 35.2 Å². The number of nitrogens with two attached hydrogens (primary N) is 1. The molecule has 2 rings (SSSR count). The minimum Gasteiger partial charge on any atom is -0.327 e. The first-order chi connectivity index (χ1) is 7.86. The smallest absolute Gasteiger partial charge is 0.00719 e. The van der Waals surface area contributed by atoms with Crippen LogP contribution in [0.3, 0.4) is 0 Å². The summed E-state index contributed by atoms with van der Waals surface area (Å²) in [7, 11) is 0. The fraction of sp³-hybridized carbons (Fsp3) is 0.571. The molecule has 1 unspecified atom stereocenters. The third kappa shape index (κ3) is 4.18. The highest BCUT2D eigenvalue weighted by molar-refractivity contribution is 7.99. The predicted octanol–water partition coefficient (Wildman–Crippen LogP) is 3.69. The lowest BCUT2D eigenvalue weighted by Gasteiger charge is -2.09. The van der Waals surface area contributed by atoms with Crippen molar-refractivity contribution in [3.63, 3.8) is 0 Å². The molecule has 1 aromatic rings. The van der Waals surface area contributed by atoms with Crippen molar-refractivity contribution in [2.45, 2.75) is 43.0 Å². The largest absolute Gasteiger partial charge is 0.327 e. The topological polar surface area (TPSA) is 26.0 Å². The van der Waals surface area contributed by atoms with Crippen molar-refractivity contribution < 1.29 is 0 Å². The Morgan fingerprint density at radius 2 is 1.94 bits per heavy atom. The molecule has 1 saturated carbocycles. The average Bonchev–Trinajstić information content (AvgIpc) is 3.13. The molecule has 1 aliphatic carbocycles. The number of hydrogen-bond acceptors (Lipinski definition) is 2. The summed E-state index contributed by atoms with van der Waals surface area (Å²) in [6, 6.07) is 11.1. The zero-order chi connectivity index (χ0) is 11.2. The van der Waals surface area contributed by atoms with E-state index < -0.39 is 0 Å². The van der Waals surface area contributed by atoms with Crippen LogP contribution in [-0.4, -0.2) is 11.8 Å². The maximum Gasteiger partial charge on any atom is 0.00719 e. The fourth-order valence-electron chi connectivity index (χ4n) is 1.95. The van der Waals surface area contributed by atoms with Gasteiger partial charge in [-0.15, -0.1) is 11.8 Å². The van der Waals surface area contributed by atoms with Gasteiger partial charge in [-0.2, -0.15) is 0 Å². The molecule has 1 atom stereocenters. The summed E-state index contributed by atoms with van der Waals surface area (Å²) in [4.78, 5) is 1.38. The van der Waals surface area contributed by atoms with Crippen molar-refractivity contribution in [1.29, 1.82) is 0 Å². The number of hydrogen-bond donors (Lipinski definition) is 1. The minimum absolute atomic E-state index is 0.488. The van der Waals surface area contributed by atoms with Gasteiger partial charge in [0.2, 0.25) is 0 Å². The first-order valence-corrected chi connectivity index (χ1v) is 7.28. The van der Waals surface area contributed by atoms with Gasteiger partial charge in [-0.05, 0) is 49.5 Å². The fourth-order valence-corrected chi connectivity index (χ4v) is 2.88. The molecular weight excluding hydrogens is 214 g/mol. The van der Waals surface area contributed by atoms with Crippen molar-refractivity contribution in [1.82, 2.24) is 0 Å². The summed E-state index contributed by atoms with van der Waals surface area (Å²) in [6.45, 7) is 0. The van der Waals surface area contributed by atoms with E-state index in [2.05, 4.69) is 30.3 Å². The first-order valence-electron chi connectivity index (χ1n) is 6.29. The van der Waals surface area contributed by atoms with E-state index in [0.29, 0.717) is 6.04 Å². The molecule has 88 valence electrons. The van der Waals surface area contributed by atoms with E-state index in [1.54, 1.807) is 0 Å². The van der Waals surface area contributed by atoms with E-state index in [1.807, 2.05) is 11.8 Å². The Morgan fingerprint density at radius 1 is 1.19 bits per heavy atom. The molecule has 1 nitrogen and oxygen atoms in total. The summed E-state index contributed by atoms with van der Waals surface area (Å²) in [6.07, 6.45) is 6.55. The molecule has 0 aromatic heterocycles. The van der Waals surface area contributed by atoms with Crippen molar-refractivity contribution in [3.8, 4) is 0 Å². The molecule has 0 heterocycles. The van der Waals surface area contributed by atoms with E-state index in [0.717, 1.165) is 5.92 Å². The summed E-state index contributed by atoms with van der Waals surface area (Å²) in [5, 5.41) is 0. The van der Waals surface area contributed by atoms with Crippen molar-refractivity contribution in [2.24, 2.45) is 11.7 Å². The van der Waals surface area contributed by atoms with Crippen molar-refractivity contribution in [3.05, 3.63) is 30.3 Å². The number of unbranched alkanes of at least 4 members (excludes halogenated alkanes) is 1. The molecule has 0 radical (unpaired) electrons. The Bertz CT molecular complexity index is 295. The Kier molecular flexibility index (Phi) is 4.73. The number of rotatable bonds is 7. The van der Waals surface area contributed by atoms with Gasteiger partial charge in [0.15, 0.2) is 0 Å². The van der Waals surface area contributed by atoms with Gasteiger partial charge in [0.25, 0.3) is 0 Å². The third-order valence-electron chi connectivity index (χ3n) is 3.17. The monoisotopic (exact) mass is 235 g/mol. The van der Waals surface area contributed by atoms with Gasteiger partial charge in [0.05, 0.1) is 0 Å². The summed E-state index contributed by atoms with van der Waals surface area (Å²) < 4.78 is 0. The molecule has 2 heteroatoms. The Labute approximate surface area is 103 Å². The van der Waals surface area contributed by atoms with Gasteiger partial charge < -0.3 is 5.73 Å². The van der Waals surface area contributed by atoms with Gasteiger partial charge in [-0.3, -0.25) is 0 Å². The van der Waals surface area contributed by atoms with E-state index in [-0.39, 0.29) is 0 Å². The molecule has 2 N–H and O–H groups in total. The SMILES string of the molecule is NC(CCCCSc1ccccc1)C1CC1. The second kappa shape index (κ2) is 6.31. The molecule has 0 saturated heterocycles. The van der Waals surface area contributed by atoms with E-state index in [4.69, 9.17) is 5.73 Å². The maximum atomic E-state index is 6.07. The van der Waals surface area contributed by atoms with E-state index in [1.165, 1.54) is 42.8 Å². The van der Waals surface area contributed by atoms with Gasteiger partial charge in [-0.25, -0.2) is 0 Å². The van der Waals surface area contributed by atoms with Crippen LogP contribution in [0.4, 0.5) is 0 Å². The summed E-state index contributed by atoms with van der Waals surface area (Å²) in [5.41, 5.74) is 6.07. The summed E-state index contributed by atoms with van der Waals surface area (Å²) in [5.74, 6) is 2.09. The van der Waals surface area contributed by atoms with Crippen LogP contribution in [-0.2, 0) is 0 Å². The number of benzene rings is 1. The third-order valence-corrected chi connectivity index (χ3v) is 4.27. The Morgan fingerprint density at radius 3 is 2.62 bits per heavy atom. The second-order valence-corrected chi connectivity index (χ2v) is 5.83. The van der Waals surface area contributed by atoms with Crippen LogP contribution < -0.4 is 5.73 Å². The quantitative estimate of drug-likeness (QED) is 0.576. The van der Waals surface area contributed by atoms with Crippen LogP contribution in [0.1, 0.15) is 32.1 Å². The second-order valence-electron chi connectivity index (χ2n) is 4.66. The lowest BCUT2D eigenvalue weighted by atomic mass is 10.1. The molecule has 0 spiro atoms. The lowest BCUT2D eigenvalue weighted by molar-refractivity contribution is 0.525. The molecule has 0 amide bonds. The lowest BCUT2D eigenvalue weighted by Crippen LogP contribution is -2.21. The van der Waals surface area contributed by atoms with Gasteiger partial charge in [0.1, 0.15) is 0 Å². The van der Waals surface area contributed by atoms with E-state index in [9.17, 15) is 0 Å². The standard InChI is InChI=1S/C14H21NS/c15-14(12-9-10-12)8-4-5-11-16-13-6-2-1-3-7-13/h1-3,6-7,12,14H,4-5,8-11,15H2. The Balaban J connectivity index is 1.52. The zero-order valence-corrected chi connectivity index (χ0v) is 10.6. The average molecular weight is 235 g/mol. The first kappa shape index (κ1) is 12.0. The molecule has 1 fully saturated rings. The van der Waals surface area contributed by atoms with E-state index >= 15 is 0 Å². The molecule has 16 heavy (non-hydrogen) atoms. The molecule has 1 aromatic carbocycles. The van der Waals surface area contributed by atoms with Crippen LogP contribution in [0, 0.1) is 5.92 Å². The molecule has 0 aliphatic heterocycles. The predicted molar refractivity (Wildman–Crippen MR) is 71.7 cm³/mol. The zero-order valence-electron chi connectivity index (χ0n) is 9.77. The van der Waals surface area contributed by atoms with Crippen LogP contribution in [0.2, 0.25) is 0 Å². The summed E-state index contributed by atoms with van der Waals surface area (Å²) >= 11 is 1.96. The van der Waals surface area contributed by atoms with Gasteiger partial charge >= 0.3 is 0 Å². The molecular formula is C14H21NS.